The normalized spacial score (nSPS) is 26.2. The van der Waals surface area contributed by atoms with Gasteiger partial charge in [-0.2, -0.15) is 0 Å². The number of aliphatic hydroxyl groups excluding tert-OH is 1. The lowest BCUT2D eigenvalue weighted by molar-refractivity contribution is -0.127. The van der Waals surface area contributed by atoms with Crippen molar-refractivity contribution in [1.82, 2.24) is 14.8 Å². The van der Waals surface area contributed by atoms with Gasteiger partial charge in [0.2, 0.25) is 5.91 Å². The Labute approximate surface area is 190 Å². The van der Waals surface area contributed by atoms with Crippen molar-refractivity contribution >= 4 is 11.5 Å². The van der Waals surface area contributed by atoms with E-state index in [1.807, 2.05) is 19.2 Å². The fraction of sp³-hybridized carbons (Fsp3) is 0.440. The first-order chi connectivity index (χ1) is 15.9. The van der Waals surface area contributed by atoms with E-state index in [2.05, 4.69) is 16.3 Å². The van der Waals surface area contributed by atoms with Crippen molar-refractivity contribution in [2.24, 2.45) is 11.8 Å². The molecule has 0 spiro atoms. The number of amides is 1. The summed E-state index contributed by atoms with van der Waals surface area (Å²) in [6.45, 7) is 0.189. The summed E-state index contributed by atoms with van der Waals surface area (Å²) in [5.41, 5.74) is 2.83. The zero-order valence-corrected chi connectivity index (χ0v) is 18.4. The van der Waals surface area contributed by atoms with Gasteiger partial charge in [0.1, 0.15) is 11.6 Å². The number of nitrogens with one attached hydrogen (secondary N) is 1. The summed E-state index contributed by atoms with van der Waals surface area (Å²) in [7, 11) is 1.91. The molecule has 2 N–H and O–H groups in total. The van der Waals surface area contributed by atoms with E-state index in [9.17, 15) is 23.5 Å². The number of carbonyl (C=O) groups is 1. The minimum atomic E-state index is -0.703. The van der Waals surface area contributed by atoms with E-state index in [4.69, 9.17) is 0 Å². The Morgan fingerprint density at radius 2 is 1.97 bits per heavy atom. The number of likely N-dealkylation sites (N-methyl/N-ethyl adjacent to an activating group) is 1. The Morgan fingerprint density at radius 3 is 2.64 bits per heavy atom. The Bertz CT molecular complexity index is 1170. The molecule has 6 nitrogen and oxygen atoms in total. The Morgan fingerprint density at radius 1 is 1.21 bits per heavy atom. The van der Waals surface area contributed by atoms with Gasteiger partial charge in [-0.1, -0.05) is 6.08 Å². The highest BCUT2D eigenvalue weighted by Gasteiger charge is 2.54. The van der Waals surface area contributed by atoms with Crippen LogP contribution in [-0.2, 0) is 17.9 Å². The average Bonchev–Trinajstić information content (AvgIpc) is 3.36. The molecule has 0 saturated carbocycles. The number of benzene rings is 1. The number of aliphatic hydroxyl groups is 1. The van der Waals surface area contributed by atoms with Gasteiger partial charge in [0, 0.05) is 49.0 Å². The summed E-state index contributed by atoms with van der Waals surface area (Å²) < 4.78 is 28.8. The molecule has 3 aliphatic rings. The molecule has 2 aliphatic heterocycles. The van der Waals surface area contributed by atoms with Gasteiger partial charge in [-0.25, -0.2) is 8.78 Å². The van der Waals surface area contributed by atoms with Crippen LogP contribution in [0, 0.1) is 23.5 Å². The van der Waals surface area contributed by atoms with E-state index < -0.39 is 17.6 Å². The third-order valence-electron chi connectivity index (χ3n) is 7.43. The van der Waals surface area contributed by atoms with E-state index in [-0.39, 0.29) is 42.6 Å². The van der Waals surface area contributed by atoms with E-state index in [1.165, 1.54) is 12.1 Å². The predicted molar refractivity (Wildman–Crippen MR) is 119 cm³/mol. The lowest BCUT2D eigenvalue weighted by Crippen LogP contribution is -2.45. The fourth-order valence-electron chi connectivity index (χ4n) is 5.87. The minimum absolute atomic E-state index is 0.0246. The molecule has 8 heteroatoms. The zero-order valence-electron chi connectivity index (χ0n) is 18.4. The number of allylic oxidation sites excluding steroid dienone is 2. The van der Waals surface area contributed by atoms with Crippen LogP contribution in [-0.4, -0.2) is 40.2 Å². The smallest absolute Gasteiger partial charge is 0.258 e. The largest absolute Gasteiger partial charge is 0.396 e. The molecule has 174 valence electrons. The molecule has 1 saturated heterocycles. The van der Waals surface area contributed by atoms with Crippen LogP contribution in [0.2, 0.25) is 0 Å². The minimum Gasteiger partial charge on any atom is -0.396 e. The molecule has 3 heterocycles. The monoisotopic (exact) mass is 455 g/mol. The van der Waals surface area contributed by atoms with E-state index >= 15 is 0 Å². The molecular formula is C25H27F2N3O3. The lowest BCUT2D eigenvalue weighted by Gasteiger charge is -2.35. The van der Waals surface area contributed by atoms with E-state index in [1.54, 1.807) is 4.57 Å². The first-order valence-corrected chi connectivity index (χ1v) is 11.4. The van der Waals surface area contributed by atoms with Crippen LogP contribution in [0.3, 0.4) is 0 Å². The van der Waals surface area contributed by atoms with Gasteiger partial charge >= 0.3 is 0 Å². The van der Waals surface area contributed by atoms with Gasteiger partial charge in [0.05, 0.1) is 12.0 Å². The van der Waals surface area contributed by atoms with Crippen LogP contribution in [0.25, 0.3) is 5.57 Å². The maximum Gasteiger partial charge on any atom is 0.258 e. The van der Waals surface area contributed by atoms with Gasteiger partial charge < -0.3 is 15.0 Å². The number of rotatable bonds is 5. The SMILES string of the molecule is CN1[C@@H]2c3ccc(C4=CCCC4)c(=O)n3C[C@H]1[C@H](CO)[C@H]2C(=O)NCc1cc(F)cc(F)c1. The number of hydrogen-bond donors (Lipinski definition) is 2. The van der Waals surface area contributed by atoms with Crippen LogP contribution in [0.15, 0.2) is 41.2 Å². The molecule has 2 bridgehead atoms. The molecule has 33 heavy (non-hydrogen) atoms. The summed E-state index contributed by atoms with van der Waals surface area (Å²) in [5, 5.41) is 13.0. The topological polar surface area (TPSA) is 74.6 Å². The lowest BCUT2D eigenvalue weighted by atomic mass is 9.86. The van der Waals surface area contributed by atoms with Crippen LogP contribution in [0.1, 0.15) is 42.1 Å². The Kier molecular flexibility index (Phi) is 5.66. The number of hydrogen-bond acceptors (Lipinski definition) is 4. The van der Waals surface area contributed by atoms with Gasteiger partial charge in [0.15, 0.2) is 0 Å². The summed E-state index contributed by atoms with van der Waals surface area (Å²) in [4.78, 5) is 28.7. The summed E-state index contributed by atoms with van der Waals surface area (Å²) >= 11 is 0. The van der Waals surface area contributed by atoms with Gasteiger partial charge in [-0.05, 0) is 61.7 Å². The molecule has 1 aliphatic carbocycles. The number of nitrogens with zero attached hydrogens (tertiary/aromatic N) is 2. The number of pyridine rings is 1. The van der Waals surface area contributed by atoms with E-state index in [0.717, 1.165) is 42.2 Å². The van der Waals surface area contributed by atoms with Crippen molar-refractivity contribution in [3.8, 4) is 0 Å². The van der Waals surface area contributed by atoms with Gasteiger partial charge in [-0.3, -0.25) is 14.5 Å². The summed E-state index contributed by atoms with van der Waals surface area (Å²) in [6.07, 6.45) is 5.05. The molecule has 1 aromatic carbocycles. The molecule has 4 atom stereocenters. The molecule has 1 fully saturated rings. The molecule has 0 unspecified atom stereocenters. The van der Waals surface area contributed by atoms with Crippen molar-refractivity contribution in [3.05, 3.63) is 75.2 Å². The van der Waals surface area contributed by atoms with Gasteiger partial charge in [0.25, 0.3) is 5.56 Å². The van der Waals surface area contributed by atoms with Crippen LogP contribution < -0.4 is 10.9 Å². The second-order valence-electron chi connectivity index (χ2n) is 9.25. The van der Waals surface area contributed by atoms with Gasteiger partial charge in [-0.15, -0.1) is 0 Å². The van der Waals surface area contributed by atoms with Crippen LogP contribution >= 0.6 is 0 Å². The molecule has 2 aromatic rings. The van der Waals surface area contributed by atoms with Crippen LogP contribution in [0.4, 0.5) is 8.78 Å². The highest BCUT2D eigenvalue weighted by atomic mass is 19.1. The van der Waals surface area contributed by atoms with Crippen molar-refractivity contribution < 1.29 is 18.7 Å². The van der Waals surface area contributed by atoms with E-state index in [0.29, 0.717) is 12.1 Å². The summed E-state index contributed by atoms with van der Waals surface area (Å²) in [5.74, 6) is -2.66. The van der Waals surface area contributed by atoms with Crippen molar-refractivity contribution in [3.63, 3.8) is 0 Å². The Balaban J connectivity index is 1.45. The van der Waals surface area contributed by atoms with Crippen molar-refractivity contribution in [2.45, 2.75) is 44.4 Å². The predicted octanol–water partition coefficient (Wildman–Crippen LogP) is 2.60. The van der Waals surface area contributed by atoms with Crippen LogP contribution in [0.5, 0.6) is 0 Å². The fourth-order valence-corrected chi connectivity index (χ4v) is 5.87. The molecule has 1 aromatic heterocycles. The van der Waals surface area contributed by atoms with Crippen molar-refractivity contribution in [1.29, 1.82) is 0 Å². The number of carbonyl (C=O) groups excluding carboxylic acids is 1. The second-order valence-corrected chi connectivity index (χ2v) is 9.25. The standard InChI is InChI=1S/C25H27F2N3O3/c1-29-21-12-30-20(7-6-18(25(30)33)15-4-2-3-5-15)23(29)22(19(21)13-31)24(32)28-11-14-8-16(26)10-17(27)9-14/h4,6-10,19,21-23,31H,2-3,5,11-13H2,1H3,(H,28,32)/t19-,21-,22+,23+/m0/s1. The third-order valence-corrected chi connectivity index (χ3v) is 7.43. The quantitative estimate of drug-likeness (QED) is 0.727. The first-order valence-electron chi connectivity index (χ1n) is 11.4. The maximum absolute atomic E-state index is 13.5. The first kappa shape index (κ1) is 22.0. The third kappa shape index (κ3) is 3.71. The molecule has 0 radical (unpaired) electrons. The molecular weight excluding hydrogens is 428 g/mol. The summed E-state index contributed by atoms with van der Waals surface area (Å²) in [6, 6.07) is 6.39. The molecule has 1 amide bonds. The molecule has 5 rings (SSSR count). The maximum atomic E-state index is 13.5. The number of fused-ring (bicyclic) bond motifs is 4. The highest BCUT2D eigenvalue weighted by molar-refractivity contribution is 5.80. The number of aromatic nitrogens is 1. The highest BCUT2D eigenvalue weighted by Crippen LogP contribution is 2.47. The average molecular weight is 456 g/mol. The van der Waals surface area contributed by atoms with Crippen molar-refractivity contribution in [2.75, 3.05) is 13.7 Å². The Hall–Kier alpha value is -2.84. The zero-order chi connectivity index (χ0) is 23.3. The number of halogens is 2. The second kappa shape index (κ2) is 8.50.